The molecule has 2 aromatic rings. The van der Waals surface area contributed by atoms with Crippen molar-refractivity contribution in [1.82, 2.24) is 4.90 Å². The smallest absolute Gasteiger partial charge is 0.255 e. The Hall–Kier alpha value is -3.13. The minimum Gasteiger partial charge on any atom is -0.339 e. The molecule has 0 aliphatic heterocycles. The van der Waals surface area contributed by atoms with E-state index in [1.807, 2.05) is 19.9 Å². The van der Waals surface area contributed by atoms with Gasteiger partial charge in [0.15, 0.2) is 0 Å². The van der Waals surface area contributed by atoms with E-state index in [-0.39, 0.29) is 11.8 Å². The second-order valence-corrected chi connectivity index (χ2v) is 5.20. The van der Waals surface area contributed by atoms with Gasteiger partial charge in [-0.1, -0.05) is 6.07 Å². The molecule has 5 heteroatoms. The molecule has 122 valence electrons. The molecule has 0 unspecified atom stereocenters. The summed E-state index contributed by atoms with van der Waals surface area (Å²) >= 11 is 0. The van der Waals surface area contributed by atoms with E-state index in [1.165, 1.54) is 0 Å². The molecule has 24 heavy (non-hydrogen) atoms. The van der Waals surface area contributed by atoms with Crippen molar-refractivity contribution in [3.63, 3.8) is 0 Å². The maximum absolute atomic E-state index is 12.3. The monoisotopic (exact) mass is 321 g/mol. The molecule has 0 saturated heterocycles. The average molecular weight is 321 g/mol. The van der Waals surface area contributed by atoms with Gasteiger partial charge in [0, 0.05) is 29.9 Å². The van der Waals surface area contributed by atoms with Crippen LogP contribution in [0.4, 0.5) is 5.69 Å². The zero-order valence-corrected chi connectivity index (χ0v) is 13.7. The highest BCUT2D eigenvalue weighted by molar-refractivity contribution is 6.05. The summed E-state index contributed by atoms with van der Waals surface area (Å²) in [5, 5.41) is 11.6. The lowest BCUT2D eigenvalue weighted by Crippen LogP contribution is -2.30. The third kappa shape index (κ3) is 3.99. The quantitative estimate of drug-likeness (QED) is 0.918. The van der Waals surface area contributed by atoms with Gasteiger partial charge >= 0.3 is 0 Å². The number of hydrogen-bond acceptors (Lipinski definition) is 3. The van der Waals surface area contributed by atoms with Crippen molar-refractivity contribution in [3.05, 3.63) is 65.2 Å². The maximum Gasteiger partial charge on any atom is 0.255 e. The minimum absolute atomic E-state index is 0.0475. The lowest BCUT2D eigenvalue weighted by molar-refractivity contribution is 0.0772. The van der Waals surface area contributed by atoms with Crippen LogP contribution in [0.3, 0.4) is 0 Å². The number of nitriles is 1. The molecule has 0 bridgehead atoms. The molecule has 0 saturated carbocycles. The summed E-state index contributed by atoms with van der Waals surface area (Å²) in [5.74, 6) is -0.333. The number of rotatable bonds is 5. The molecule has 0 aliphatic rings. The summed E-state index contributed by atoms with van der Waals surface area (Å²) in [6, 6.07) is 15.3. The van der Waals surface area contributed by atoms with Crippen LogP contribution in [0.15, 0.2) is 48.5 Å². The van der Waals surface area contributed by atoms with Crippen LogP contribution in [0, 0.1) is 11.3 Å². The molecule has 0 aliphatic carbocycles. The summed E-state index contributed by atoms with van der Waals surface area (Å²) in [4.78, 5) is 26.2. The molecule has 0 atom stereocenters. The van der Waals surface area contributed by atoms with Crippen molar-refractivity contribution in [2.45, 2.75) is 13.8 Å². The van der Waals surface area contributed by atoms with Crippen molar-refractivity contribution in [1.29, 1.82) is 5.26 Å². The van der Waals surface area contributed by atoms with E-state index >= 15 is 0 Å². The van der Waals surface area contributed by atoms with Gasteiger partial charge in [0.1, 0.15) is 0 Å². The van der Waals surface area contributed by atoms with Crippen LogP contribution in [0.2, 0.25) is 0 Å². The number of nitrogens with zero attached hydrogens (tertiary/aromatic N) is 2. The largest absolute Gasteiger partial charge is 0.339 e. The van der Waals surface area contributed by atoms with Gasteiger partial charge in [-0.15, -0.1) is 0 Å². The van der Waals surface area contributed by atoms with E-state index in [4.69, 9.17) is 5.26 Å². The van der Waals surface area contributed by atoms with Crippen LogP contribution >= 0.6 is 0 Å². The summed E-state index contributed by atoms with van der Waals surface area (Å²) < 4.78 is 0. The third-order valence-electron chi connectivity index (χ3n) is 3.69. The van der Waals surface area contributed by atoms with Gasteiger partial charge in [0.2, 0.25) is 0 Å². The summed E-state index contributed by atoms with van der Waals surface area (Å²) in [5.41, 5.74) is 2.05. The Morgan fingerprint density at radius 3 is 2.25 bits per heavy atom. The molecule has 1 N–H and O–H groups in total. The van der Waals surface area contributed by atoms with Gasteiger partial charge < -0.3 is 10.2 Å². The van der Waals surface area contributed by atoms with Crippen LogP contribution < -0.4 is 5.32 Å². The lowest BCUT2D eigenvalue weighted by atomic mass is 10.1. The molecule has 0 fully saturated rings. The van der Waals surface area contributed by atoms with Crippen molar-refractivity contribution < 1.29 is 9.59 Å². The number of carbonyl (C=O) groups excluding carboxylic acids is 2. The van der Waals surface area contributed by atoms with Crippen molar-refractivity contribution in [2.75, 3.05) is 18.4 Å². The van der Waals surface area contributed by atoms with Crippen LogP contribution in [0.1, 0.15) is 40.1 Å². The highest BCUT2D eigenvalue weighted by Gasteiger charge is 2.13. The fourth-order valence-corrected chi connectivity index (χ4v) is 2.33. The fourth-order valence-electron chi connectivity index (χ4n) is 2.33. The van der Waals surface area contributed by atoms with Gasteiger partial charge in [0.05, 0.1) is 11.6 Å². The molecule has 2 amide bonds. The normalized spacial score (nSPS) is 9.88. The number of nitrogens with one attached hydrogen (secondary N) is 1. The molecular weight excluding hydrogens is 302 g/mol. The van der Waals surface area contributed by atoms with E-state index in [0.717, 1.165) is 0 Å². The van der Waals surface area contributed by atoms with Crippen molar-refractivity contribution in [3.8, 4) is 6.07 Å². The SMILES string of the molecule is CCN(CC)C(=O)c1ccc(C(=O)Nc2cccc(C#N)c2)cc1. The maximum atomic E-state index is 12.3. The second kappa shape index (κ2) is 7.93. The first-order valence-electron chi connectivity index (χ1n) is 7.79. The lowest BCUT2D eigenvalue weighted by Gasteiger charge is -2.18. The van der Waals surface area contributed by atoms with Gasteiger partial charge in [0.25, 0.3) is 11.8 Å². The first kappa shape index (κ1) is 17.2. The molecule has 0 radical (unpaired) electrons. The van der Waals surface area contributed by atoms with Crippen molar-refractivity contribution >= 4 is 17.5 Å². The summed E-state index contributed by atoms with van der Waals surface area (Å²) in [6.45, 7) is 5.15. The first-order chi connectivity index (χ1) is 11.6. The Morgan fingerprint density at radius 2 is 1.67 bits per heavy atom. The molecule has 2 rings (SSSR count). The first-order valence-corrected chi connectivity index (χ1v) is 7.79. The number of carbonyl (C=O) groups is 2. The molecular formula is C19H19N3O2. The highest BCUT2D eigenvalue weighted by Crippen LogP contribution is 2.13. The van der Waals surface area contributed by atoms with Crippen LogP contribution in [0.25, 0.3) is 0 Å². The summed E-state index contributed by atoms with van der Waals surface area (Å²) in [6.07, 6.45) is 0. The number of anilines is 1. The second-order valence-electron chi connectivity index (χ2n) is 5.20. The van der Waals surface area contributed by atoms with E-state index in [9.17, 15) is 9.59 Å². The van der Waals surface area contributed by atoms with Crippen LogP contribution in [-0.2, 0) is 0 Å². The Morgan fingerprint density at radius 1 is 1.04 bits per heavy atom. The summed E-state index contributed by atoms with van der Waals surface area (Å²) in [7, 11) is 0. The topological polar surface area (TPSA) is 73.2 Å². The van der Waals surface area contributed by atoms with E-state index in [2.05, 4.69) is 5.32 Å². The average Bonchev–Trinajstić information content (AvgIpc) is 2.63. The van der Waals surface area contributed by atoms with E-state index in [1.54, 1.807) is 53.4 Å². The van der Waals surface area contributed by atoms with Crippen LogP contribution in [-0.4, -0.2) is 29.8 Å². The van der Waals surface area contributed by atoms with Gasteiger partial charge in [-0.25, -0.2) is 0 Å². The zero-order valence-electron chi connectivity index (χ0n) is 13.7. The van der Waals surface area contributed by atoms with Gasteiger partial charge in [-0.05, 0) is 56.3 Å². The fraction of sp³-hybridized carbons (Fsp3) is 0.211. The van der Waals surface area contributed by atoms with E-state index in [0.29, 0.717) is 35.5 Å². The number of hydrogen-bond donors (Lipinski definition) is 1. The number of benzene rings is 2. The zero-order chi connectivity index (χ0) is 17.5. The highest BCUT2D eigenvalue weighted by atomic mass is 16.2. The Labute approximate surface area is 141 Å². The molecule has 5 nitrogen and oxygen atoms in total. The predicted molar refractivity (Wildman–Crippen MR) is 92.8 cm³/mol. The van der Waals surface area contributed by atoms with Crippen LogP contribution in [0.5, 0.6) is 0 Å². The van der Waals surface area contributed by atoms with E-state index < -0.39 is 0 Å². The molecule has 0 spiro atoms. The Balaban J connectivity index is 2.11. The van der Waals surface area contributed by atoms with Gasteiger partial charge in [-0.3, -0.25) is 9.59 Å². The third-order valence-corrected chi connectivity index (χ3v) is 3.69. The number of amides is 2. The van der Waals surface area contributed by atoms with Crippen molar-refractivity contribution in [2.24, 2.45) is 0 Å². The Bertz CT molecular complexity index is 772. The minimum atomic E-state index is -0.285. The molecule has 0 aromatic heterocycles. The van der Waals surface area contributed by atoms with Gasteiger partial charge in [-0.2, -0.15) is 5.26 Å². The Kier molecular flexibility index (Phi) is 5.69. The molecule has 0 heterocycles. The predicted octanol–water partition coefficient (Wildman–Crippen LogP) is 3.29. The molecule has 2 aromatic carbocycles. The standard InChI is InChI=1S/C19H19N3O2/c1-3-22(4-2)19(24)16-10-8-15(9-11-16)18(23)21-17-7-5-6-14(12-17)13-20/h5-12H,3-4H2,1-2H3,(H,21,23).